The van der Waals surface area contributed by atoms with Crippen molar-refractivity contribution in [3.05, 3.63) is 47.8 Å². The number of carbonyl (C=O) groups is 2. The summed E-state index contributed by atoms with van der Waals surface area (Å²) in [7, 11) is 3.34. The molecule has 7 heteroatoms. The molecule has 24 heavy (non-hydrogen) atoms. The van der Waals surface area contributed by atoms with Crippen molar-refractivity contribution in [2.75, 3.05) is 19.4 Å². The summed E-state index contributed by atoms with van der Waals surface area (Å²) >= 11 is 0. The average molecular weight is 327 g/mol. The van der Waals surface area contributed by atoms with E-state index in [0.717, 1.165) is 5.56 Å². The van der Waals surface area contributed by atoms with E-state index in [0.29, 0.717) is 0 Å². The van der Waals surface area contributed by atoms with Gasteiger partial charge in [-0.25, -0.2) is 9.67 Å². The minimum atomic E-state index is -0.213. The largest absolute Gasteiger partial charge is 0.347 e. The third-order valence-corrected chi connectivity index (χ3v) is 3.27. The van der Waals surface area contributed by atoms with Crippen molar-refractivity contribution in [1.82, 2.24) is 19.7 Å². The van der Waals surface area contributed by atoms with Gasteiger partial charge in [-0.05, 0) is 12.5 Å². The van der Waals surface area contributed by atoms with E-state index >= 15 is 0 Å². The average Bonchev–Trinajstić information content (AvgIpc) is 2.96. The van der Waals surface area contributed by atoms with E-state index in [4.69, 9.17) is 0 Å². The van der Waals surface area contributed by atoms with Crippen molar-refractivity contribution in [3.8, 4) is 0 Å². The first kappa shape index (κ1) is 17.4. The van der Waals surface area contributed by atoms with Crippen LogP contribution in [0.3, 0.4) is 0 Å². The van der Waals surface area contributed by atoms with Gasteiger partial charge in [0.05, 0.1) is 0 Å². The SMILES string of the molecule is Cc1ccc(/C=C/CC(=O)Nc2ncn(CC(=O)N(C)C)n2)cc1. The molecule has 1 aromatic carbocycles. The number of aryl methyl sites for hydroxylation is 1. The van der Waals surface area contributed by atoms with Crippen LogP contribution < -0.4 is 5.32 Å². The lowest BCUT2D eigenvalue weighted by atomic mass is 10.1. The van der Waals surface area contributed by atoms with Crippen molar-refractivity contribution in [3.63, 3.8) is 0 Å². The molecular formula is C17H21N5O2. The summed E-state index contributed by atoms with van der Waals surface area (Å²) in [5.74, 6) is -0.121. The van der Waals surface area contributed by atoms with Crippen molar-refractivity contribution in [2.45, 2.75) is 19.9 Å². The van der Waals surface area contributed by atoms with E-state index in [1.54, 1.807) is 20.2 Å². The van der Waals surface area contributed by atoms with Gasteiger partial charge < -0.3 is 4.90 Å². The Morgan fingerprint density at radius 3 is 2.62 bits per heavy atom. The molecule has 0 bridgehead atoms. The molecule has 2 aromatic rings. The monoisotopic (exact) mass is 327 g/mol. The van der Waals surface area contributed by atoms with E-state index in [2.05, 4.69) is 15.4 Å². The van der Waals surface area contributed by atoms with Crippen LogP contribution in [-0.2, 0) is 16.1 Å². The zero-order chi connectivity index (χ0) is 17.5. The highest BCUT2D eigenvalue weighted by Gasteiger charge is 2.09. The molecule has 126 valence electrons. The Balaban J connectivity index is 1.83. The zero-order valence-electron chi connectivity index (χ0n) is 14.1. The van der Waals surface area contributed by atoms with E-state index in [1.807, 2.05) is 37.3 Å². The first-order valence-corrected chi connectivity index (χ1v) is 7.56. The van der Waals surface area contributed by atoms with Crippen LogP contribution in [0, 0.1) is 6.92 Å². The number of hydrogen-bond acceptors (Lipinski definition) is 4. The number of amides is 2. The van der Waals surface area contributed by atoms with Crippen LogP contribution in [0.15, 0.2) is 36.7 Å². The number of carbonyl (C=O) groups excluding carboxylic acids is 2. The second-order valence-corrected chi connectivity index (χ2v) is 5.62. The quantitative estimate of drug-likeness (QED) is 0.876. The molecule has 1 aromatic heterocycles. The number of aromatic nitrogens is 3. The number of likely N-dealkylation sites (N-methyl/N-ethyl adjacent to an activating group) is 1. The molecule has 0 radical (unpaired) electrons. The third-order valence-electron chi connectivity index (χ3n) is 3.27. The Morgan fingerprint density at radius 1 is 1.25 bits per heavy atom. The zero-order valence-corrected chi connectivity index (χ0v) is 14.1. The van der Waals surface area contributed by atoms with Gasteiger partial charge in [0.15, 0.2) is 0 Å². The van der Waals surface area contributed by atoms with E-state index in [1.165, 1.54) is 21.5 Å². The summed E-state index contributed by atoms with van der Waals surface area (Å²) in [6.45, 7) is 2.11. The molecule has 2 amide bonds. The second kappa shape index (κ2) is 8.05. The van der Waals surface area contributed by atoms with E-state index < -0.39 is 0 Å². The summed E-state index contributed by atoms with van der Waals surface area (Å²) in [5.41, 5.74) is 2.23. The fraction of sp³-hybridized carbons (Fsp3) is 0.294. The summed E-state index contributed by atoms with van der Waals surface area (Å²) in [4.78, 5) is 28.9. The van der Waals surface area contributed by atoms with Crippen molar-refractivity contribution in [2.24, 2.45) is 0 Å². The van der Waals surface area contributed by atoms with Crippen molar-refractivity contribution in [1.29, 1.82) is 0 Å². The Kier molecular flexibility index (Phi) is 5.83. The molecule has 0 unspecified atom stereocenters. The normalized spacial score (nSPS) is 10.8. The minimum absolute atomic E-state index is 0.0865. The summed E-state index contributed by atoms with van der Waals surface area (Å²) in [5, 5.41) is 6.65. The molecule has 0 saturated heterocycles. The predicted octanol–water partition coefficient (Wildman–Crippen LogP) is 1.72. The molecule has 0 saturated carbocycles. The molecule has 0 fully saturated rings. The van der Waals surface area contributed by atoms with Gasteiger partial charge in [0.2, 0.25) is 17.8 Å². The number of anilines is 1. The van der Waals surface area contributed by atoms with Gasteiger partial charge in [-0.15, -0.1) is 5.10 Å². The van der Waals surface area contributed by atoms with E-state index in [9.17, 15) is 9.59 Å². The second-order valence-electron chi connectivity index (χ2n) is 5.62. The molecule has 2 rings (SSSR count). The maximum absolute atomic E-state index is 11.9. The molecule has 1 N–H and O–H groups in total. The van der Waals surface area contributed by atoms with Crippen LogP contribution >= 0.6 is 0 Å². The van der Waals surface area contributed by atoms with Crippen molar-refractivity contribution >= 4 is 23.8 Å². The number of rotatable bonds is 6. The molecule has 0 atom stereocenters. The Labute approximate surface area is 141 Å². The maximum atomic E-state index is 11.9. The fourth-order valence-electron chi connectivity index (χ4n) is 1.86. The van der Waals surface area contributed by atoms with Gasteiger partial charge in [-0.2, -0.15) is 0 Å². The smallest absolute Gasteiger partial charge is 0.248 e. The minimum Gasteiger partial charge on any atom is -0.347 e. The summed E-state index contributed by atoms with van der Waals surface area (Å²) in [6, 6.07) is 8.03. The molecule has 1 heterocycles. The Morgan fingerprint density at radius 2 is 1.96 bits per heavy atom. The van der Waals surface area contributed by atoms with Crippen LogP contribution in [0.4, 0.5) is 5.95 Å². The van der Waals surface area contributed by atoms with Gasteiger partial charge in [-0.3, -0.25) is 14.9 Å². The molecular weight excluding hydrogens is 306 g/mol. The van der Waals surface area contributed by atoms with Crippen molar-refractivity contribution < 1.29 is 9.59 Å². The predicted molar refractivity (Wildman–Crippen MR) is 92.2 cm³/mol. The van der Waals surface area contributed by atoms with Gasteiger partial charge in [0, 0.05) is 20.5 Å². The summed E-state index contributed by atoms with van der Waals surface area (Å²) in [6.07, 6.45) is 5.31. The third kappa shape index (κ3) is 5.35. The lowest BCUT2D eigenvalue weighted by Gasteiger charge is -2.08. The van der Waals surface area contributed by atoms with Gasteiger partial charge in [0.25, 0.3) is 0 Å². The molecule has 0 aliphatic carbocycles. The highest BCUT2D eigenvalue weighted by Crippen LogP contribution is 2.06. The lowest BCUT2D eigenvalue weighted by molar-refractivity contribution is -0.129. The van der Waals surface area contributed by atoms with Crippen LogP contribution in [0.25, 0.3) is 6.08 Å². The molecule has 0 aliphatic rings. The number of benzene rings is 1. The van der Waals surface area contributed by atoms with Crippen LogP contribution in [0.1, 0.15) is 17.5 Å². The number of nitrogens with one attached hydrogen (secondary N) is 1. The van der Waals surface area contributed by atoms with Gasteiger partial charge in [-0.1, -0.05) is 42.0 Å². The first-order chi connectivity index (χ1) is 11.4. The molecule has 7 nitrogen and oxygen atoms in total. The van der Waals surface area contributed by atoms with Crippen LogP contribution in [0.2, 0.25) is 0 Å². The van der Waals surface area contributed by atoms with Crippen LogP contribution in [0.5, 0.6) is 0 Å². The van der Waals surface area contributed by atoms with E-state index in [-0.39, 0.29) is 30.7 Å². The van der Waals surface area contributed by atoms with Gasteiger partial charge in [0.1, 0.15) is 12.9 Å². The Hall–Kier alpha value is -2.96. The molecule has 0 aliphatic heterocycles. The number of nitrogens with zero attached hydrogens (tertiary/aromatic N) is 4. The highest BCUT2D eigenvalue weighted by atomic mass is 16.2. The standard InChI is InChI=1S/C17H21N5O2/c1-13-7-9-14(10-8-13)5-4-6-15(23)19-17-18-12-22(20-17)11-16(24)21(2)3/h4-5,7-10,12H,6,11H2,1-3H3,(H,19,20,23)/b5-4+. The van der Waals surface area contributed by atoms with Crippen LogP contribution in [-0.4, -0.2) is 45.6 Å². The maximum Gasteiger partial charge on any atom is 0.248 e. The first-order valence-electron chi connectivity index (χ1n) is 7.56. The fourth-order valence-corrected chi connectivity index (χ4v) is 1.86. The topological polar surface area (TPSA) is 80.1 Å². The highest BCUT2D eigenvalue weighted by molar-refractivity contribution is 5.90. The Bertz CT molecular complexity index is 732. The summed E-state index contributed by atoms with van der Waals surface area (Å²) < 4.78 is 1.39. The molecule has 0 spiro atoms. The number of hydrogen-bond donors (Lipinski definition) is 1. The van der Waals surface area contributed by atoms with Gasteiger partial charge >= 0.3 is 0 Å². The lowest BCUT2D eigenvalue weighted by Crippen LogP contribution is -2.26.